The lowest BCUT2D eigenvalue weighted by Gasteiger charge is -2.36. The molecule has 2 aliphatic heterocycles. The molecule has 0 N–H and O–H groups in total. The fourth-order valence-electron chi connectivity index (χ4n) is 4.77. The molecule has 2 saturated heterocycles. The Hall–Kier alpha value is -1.73. The van der Waals surface area contributed by atoms with Crippen LogP contribution in [0.25, 0.3) is 10.1 Å². The molecule has 2 aliphatic rings. The van der Waals surface area contributed by atoms with Crippen molar-refractivity contribution in [2.24, 2.45) is 5.92 Å². The molecule has 0 bridgehead atoms. The van der Waals surface area contributed by atoms with Crippen molar-refractivity contribution in [3.05, 3.63) is 29.1 Å². The quantitative estimate of drug-likeness (QED) is 0.608. The van der Waals surface area contributed by atoms with Crippen molar-refractivity contribution in [2.75, 3.05) is 50.7 Å². The molecule has 0 saturated carbocycles. The Bertz CT molecular complexity index is 902. The van der Waals surface area contributed by atoms with E-state index in [1.807, 2.05) is 11.0 Å². The molecule has 2 aromatic rings. The SMILES string of the molecule is CC1CCCN(C(=O)CCCN2CCN(c3csc4cc(C(C)(F)F)ccc34)CC2)C1. The Morgan fingerprint density at radius 2 is 1.97 bits per heavy atom. The number of halogens is 2. The molecular formula is C24H33F2N3OS. The highest BCUT2D eigenvalue weighted by atomic mass is 32.1. The third-order valence-electron chi connectivity index (χ3n) is 6.65. The van der Waals surface area contributed by atoms with Crippen LogP contribution in [0.1, 0.15) is 45.1 Å². The lowest BCUT2D eigenvalue weighted by molar-refractivity contribution is -0.133. The molecule has 0 spiro atoms. The first-order valence-corrected chi connectivity index (χ1v) is 12.3. The van der Waals surface area contributed by atoms with Gasteiger partial charge in [0.15, 0.2) is 0 Å². The summed E-state index contributed by atoms with van der Waals surface area (Å²) in [6.07, 6.45) is 3.93. The molecule has 1 unspecified atom stereocenters. The van der Waals surface area contributed by atoms with Gasteiger partial charge in [0.25, 0.3) is 5.92 Å². The highest BCUT2D eigenvalue weighted by Gasteiger charge is 2.26. The number of alkyl halides is 2. The molecule has 1 aromatic carbocycles. The molecule has 0 aliphatic carbocycles. The highest BCUT2D eigenvalue weighted by Crippen LogP contribution is 2.37. The number of amides is 1. The summed E-state index contributed by atoms with van der Waals surface area (Å²) in [6.45, 7) is 9.77. The number of nitrogens with zero attached hydrogens (tertiary/aromatic N) is 3. The van der Waals surface area contributed by atoms with Crippen LogP contribution in [0.2, 0.25) is 0 Å². The molecule has 0 radical (unpaired) electrons. The van der Waals surface area contributed by atoms with Gasteiger partial charge in [0, 0.05) is 73.6 Å². The maximum absolute atomic E-state index is 13.6. The molecule has 4 rings (SSSR count). The summed E-state index contributed by atoms with van der Waals surface area (Å²) in [6, 6.07) is 5.02. The minimum Gasteiger partial charge on any atom is -0.368 e. The van der Waals surface area contributed by atoms with Gasteiger partial charge in [0.1, 0.15) is 0 Å². The predicted octanol–water partition coefficient (Wildman–Crippen LogP) is 5.17. The number of benzene rings is 1. The van der Waals surface area contributed by atoms with Crippen molar-refractivity contribution in [1.29, 1.82) is 0 Å². The molecular weight excluding hydrogens is 416 g/mol. The van der Waals surface area contributed by atoms with Gasteiger partial charge in [-0.1, -0.05) is 19.1 Å². The van der Waals surface area contributed by atoms with Crippen molar-refractivity contribution in [1.82, 2.24) is 9.80 Å². The van der Waals surface area contributed by atoms with E-state index in [4.69, 9.17) is 0 Å². The van der Waals surface area contributed by atoms with E-state index >= 15 is 0 Å². The van der Waals surface area contributed by atoms with Gasteiger partial charge in [0.05, 0.1) is 5.69 Å². The summed E-state index contributed by atoms with van der Waals surface area (Å²) in [5, 5.41) is 3.16. The number of piperazine rings is 1. The largest absolute Gasteiger partial charge is 0.368 e. The van der Waals surface area contributed by atoms with E-state index in [1.54, 1.807) is 12.1 Å². The van der Waals surface area contributed by atoms with Crippen LogP contribution in [0, 0.1) is 5.92 Å². The van der Waals surface area contributed by atoms with Gasteiger partial charge in [-0.2, -0.15) is 0 Å². The van der Waals surface area contributed by atoms with Crippen molar-refractivity contribution >= 4 is 33.0 Å². The summed E-state index contributed by atoms with van der Waals surface area (Å²) in [4.78, 5) is 19.3. The molecule has 7 heteroatoms. The van der Waals surface area contributed by atoms with Gasteiger partial charge < -0.3 is 9.80 Å². The standard InChI is InChI=1S/C24H33F2N3OS/c1-18-5-3-10-29(16-18)23(30)6-4-9-27-11-13-28(14-12-27)21-17-31-22-15-19(24(2,25)26)7-8-20(21)22/h7-8,15,17-18H,3-6,9-14,16H2,1-2H3. The average Bonchev–Trinajstić information content (AvgIpc) is 3.17. The van der Waals surface area contributed by atoms with Crippen molar-refractivity contribution < 1.29 is 13.6 Å². The van der Waals surface area contributed by atoms with E-state index in [2.05, 4.69) is 22.1 Å². The fraction of sp³-hybridized carbons (Fsp3) is 0.625. The van der Waals surface area contributed by atoms with E-state index in [1.165, 1.54) is 17.8 Å². The number of fused-ring (bicyclic) bond motifs is 1. The molecule has 170 valence electrons. The zero-order valence-electron chi connectivity index (χ0n) is 18.6. The summed E-state index contributed by atoms with van der Waals surface area (Å²) in [7, 11) is 0. The second kappa shape index (κ2) is 9.41. The van der Waals surface area contributed by atoms with Gasteiger partial charge in [0.2, 0.25) is 5.91 Å². The van der Waals surface area contributed by atoms with E-state index < -0.39 is 5.92 Å². The van der Waals surface area contributed by atoms with Crippen molar-refractivity contribution in [3.63, 3.8) is 0 Å². The highest BCUT2D eigenvalue weighted by molar-refractivity contribution is 7.17. The monoisotopic (exact) mass is 449 g/mol. The van der Waals surface area contributed by atoms with Crippen LogP contribution in [-0.2, 0) is 10.7 Å². The summed E-state index contributed by atoms with van der Waals surface area (Å²) >= 11 is 1.54. The summed E-state index contributed by atoms with van der Waals surface area (Å²) in [5.74, 6) is -1.87. The van der Waals surface area contributed by atoms with Gasteiger partial charge in [-0.25, -0.2) is 8.78 Å². The minimum absolute atomic E-state index is 0.0757. The predicted molar refractivity (Wildman–Crippen MR) is 124 cm³/mol. The Balaban J connectivity index is 1.26. The number of carbonyl (C=O) groups is 1. The van der Waals surface area contributed by atoms with Crippen molar-refractivity contribution in [2.45, 2.75) is 45.5 Å². The second-order valence-electron chi connectivity index (χ2n) is 9.24. The van der Waals surface area contributed by atoms with E-state index in [0.717, 1.165) is 81.4 Å². The van der Waals surface area contributed by atoms with Crippen LogP contribution in [-0.4, -0.2) is 61.5 Å². The van der Waals surface area contributed by atoms with Crippen LogP contribution in [0.4, 0.5) is 14.5 Å². The first-order chi connectivity index (χ1) is 14.8. The van der Waals surface area contributed by atoms with E-state index in [9.17, 15) is 13.6 Å². The Labute approximate surface area is 187 Å². The second-order valence-corrected chi connectivity index (χ2v) is 10.2. The first-order valence-electron chi connectivity index (χ1n) is 11.5. The Morgan fingerprint density at radius 3 is 2.68 bits per heavy atom. The molecule has 4 nitrogen and oxygen atoms in total. The third-order valence-corrected chi connectivity index (χ3v) is 7.58. The number of carbonyl (C=O) groups excluding carboxylic acids is 1. The molecule has 1 aromatic heterocycles. The van der Waals surface area contributed by atoms with Crippen molar-refractivity contribution in [3.8, 4) is 0 Å². The fourth-order valence-corrected chi connectivity index (χ4v) is 5.78. The number of anilines is 1. The van der Waals surface area contributed by atoms with Gasteiger partial charge in [-0.15, -0.1) is 11.3 Å². The van der Waals surface area contributed by atoms with Gasteiger partial charge in [-0.3, -0.25) is 9.69 Å². The van der Waals surface area contributed by atoms with Crippen LogP contribution in [0.3, 0.4) is 0 Å². The van der Waals surface area contributed by atoms with Crippen LogP contribution < -0.4 is 4.90 Å². The Morgan fingerprint density at radius 1 is 1.19 bits per heavy atom. The maximum atomic E-state index is 13.6. The normalized spacial score (nSPS) is 21.1. The van der Waals surface area contributed by atoms with Gasteiger partial charge >= 0.3 is 0 Å². The van der Waals surface area contributed by atoms with Crippen LogP contribution in [0.15, 0.2) is 23.6 Å². The molecule has 1 atom stereocenters. The molecule has 31 heavy (non-hydrogen) atoms. The maximum Gasteiger partial charge on any atom is 0.270 e. The summed E-state index contributed by atoms with van der Waals surface area (Å²) in [5.41, 5.74) is 1.23. The van der Waals surface area contributed by atoms with Gasteiger partial charge in [-0.05, 0) is 37.8 Å². The lowest BCUT2D eigenvalue weighted by Crippen LogP contribution is -2.46. The zero-order valence-corrected chi connectivity index (χ0v) is 19.4. The minimum atomic E-state index is -2.81. The lowest BCUT2D eigenvalue weighted by atomic mass is 10.00. The topological polar surface area (TPSA) is 26.8 Å². The van der Waals surface area contributed by atoms with Crippen LogP contribution in [0.5, 0.6) is 0 Å². The first kappa shape index (κ1) is 22.5. The number of thiophene rings is 1. The number of hydrogen-bond acceptors (Lipinski definition) is 4. The molecule has 3 heterocycles. The van der Waals surface area contributed by atoms with Crippen LogP contribution >= 0.6 is 11.3 Å². The van der Waals surface area contributed by atoms with E-state index in [-0.39, 0.29) is 5.56 Å². The number of rotatable bonds is 6. The Kier molecular flexibility index (Phi) is 6.82. The average molecular weight is 450 g/mol. The zero-order chi connectivity index (χ0) is 22.0. The van der Waals surface area contributed by atoms with E-state index in [0.29, 0.717) is 18.2 Å². The number of likely N-dealkylation sites (tertiary alicyclic amines) is 1. The smallest absolute Gasteiger partial charge is 0.270 e. The summed E-state index contributed by atoms with van der Waals surface area (Å²) < 4.78 is 28.2. The number of piperidine rings is 1. The number of hydrogen-bond donors (Lipinski definition) is 0. The third kappa shape index (κ3) is 5.37. The molecule has 2 fully saturated rings. The molecule has 1 amide bonds.